The zero-order valence-electron chi connectivity index (χ0n) is 19.8. The molecule has 0 spiro atoms. The second-order valence-electron chi connectivity index (χ2n) is 9.74. The molecule has 2 amide bonds. The summed E-state index contributed by atoms with van der Waals surface area (Å²) >= 11 is 5.95. The molecular weight excluding hydrogens is 439 g/mol. The van der Waals surface area contributed by atoms with Crippen LogP contribution < -0.4 is 0 Å². The van der Waals surface area contributed by atoms with E-state index in [2.05, 4.69) is 0 Å². The summed E-state index contributed by atoms with van der Waals surface area (Å²) in [5.41, 5.74) is -1.55. The van der Waals surface area contributed by atoms with E-state index in [9.17, 15) is 24.2 Å². The van der Waals surface area contributed by atoms with Crippen molar-refractivity contribution < 1.29 is 28.9 Å². The molecule has 1 aliphatic rings. The van der Waals surface area contributed by atoms with Crippen molar-refractivity contribution in [1.82, 2.24) is 9.80 Å². The minimum Gasteiger partial charge on any atom is -0.444 e. The fraction of sp³-hybridized carbons (Fsp3) is 0.652. The van der Waals surface area contributed by atoms with Crippen LogP contribution in [0, 0.1) is 24.6 Å². The Bertz CT molecular complexity index is 837. The maximum Gasteiger partial charge on any atom is 0.410 e. The lowest BCUT2D eigenvalue weighted by atomic mass is 9.69. The van der Waals surface area contributed by atoms with Crippen LogP contribution in [0.15, 0.2) is 12.1 Å². The van der Waals surface area contributed by atoms with Crippen molar-refractivity contribution in [3.05, 3.63) is 34.1 Å². The number of likely N-dealkylation sites (N-methyl/N-ethyl adjacent to an activating group) is 1. The van der Waals surface area contributed by atoms with Crippen LogP contribution in [0.1, 0.15) is 45.7 Å². The van der Waals surface area contributed by atoms with Crippen molar-refractivity contribution in [2.45, 2.75) is 58.8 Å². The number of benzene rings is 1. The van der Waals surface area contributed by atoms with E-state index in [1.165, 1.54) is 18.0 Å². The van der Waals surface area contributed by atoms with Crippen LogP contribution >= 0.6 is 11.6 Å². The van der Waals surface area contributed by atoms with Gasteiger partial charge in [0.2, 0.25) is 5.91 Å². The smallest absolute Gasteiger partial charge is 0.410 e. The second kappa shape index (κ2) is 9.53. The lowest BCUT2D eigenvalue weighted by molar-refractivity contribution is -0.155. The first-order valence-electron chi connectivity index (χ1n) is 10.7. The van der Waals surface area contributed by atoms with Crippen molar-refractivity contribution >= 4 is 23.6 Å². The summed E-state index contributed by atoms with van der Waals surface area (Å²) < 4.78 is 20.1. The Kier molecular flexibility index (Phi) is 7.85. The number of carbonyl (C=O) groups excluding carboxylic acids is 2. The molecule has 1 heterocycles. The van der Waals surface area contributed by atoms with Crippen molar-refractivity contribution in [2.24, 2.45) is 11.8 Å². The Morgan fingerprint density at radius 1 is 1.31 bits per heavy atom. The van der Waals surface area contributed by atoms with Gasteiger partial charge in [0.1, 0.15) is 23.1 Å². The van der Waals surface area contributed by atoms with Crippen LogP contribution in [0.25, 0.3) is 0 Å². The Balaban J connectivity index is 2.27. The minimum absolute atomic E-state index is 0.125. The molecule has 0 aliphatic carbocycles. The molecule has 7 nitrogen and oxygen atoms in total. The molecular formula is C23H34ClFN2O5. The Labute approximate surface area is 194 Å². The number of amides is 2. The predicted molar refractivity (Wildman–Crippen MR) is 120 cm³/mol. The number of piperidine rings is 1. The summed E-state index contributed by atoms with van der Waals surface area (Å²) in [6.07, 6.45) is -0.724. The monoisotopic (exact) mass is 472 g/mol. The van der Waals surface area contributed by atoms with Gasteiger partial charge in [-0.15, -0.1) is 0 Å². The fourth-order valence-electron chi connectivity index (χ4n) is 4.42. The Morgan fingerprint density at radius 3 is 2.28 bits per heavy atom. The number of aryl methyl sites for hydroxylation is 1. The van der Waals surface area contributed by atoms with Gasteiger partial charge < -0.3 is 19.8 Å². The second-order valence-corrected chi connectivity index (χ2v) is 10.2. The molecule has 2 N–H and O–H groups in total. The number of ether oxygens (including phenoxy) is 1. The molecule has 180 valence electrons. The molecule has 0 radical (unpaired) electrons. The minimum atomic E-state index is -1.51. The molecule has 0 bridgehead atoms. The van der Waals surface area contributed by atoms with Crippen molar-refractivity contribution in [2.75, 3.05) is 26.7 Å². The molecule has 4 atom stereocenters. The molecule has 1 aromatic carbocycles. The molecule has 1 aliphatic heterocycles. The molecule has 32 heavy (non-hydrogen) atoms. The van der Waals surface area contributed by atoms with Crippen LogP contribution in [-0.4, -0.2) is 70.4 Å². The van der Waals surface area contributed by atoms with Crippen LogP contribution in [0.5, 0.6) is 0 Å². The lowest BCUT2D eigenvalue weighted by Crippen LogP contribution is -2.60. The molecule has 0 saturated carbocycles. The number of aliphatic hydroxyl groups is 2. The molecule has 1 saturated heterocycles. The highest BCUT2D eigenvalue weighted by Crippen LogP contribution is 2.44. The number of halogens is 2. The number of nitrogens with zero attached hydrogens (tertiary/aromatic N) is 2. The molecule has 1 fully saturated rings. The number of likely N-dealkylation sites (tertiary alicyclic amines) is 1. The van der Waals surface area contributed by atoms with Gasteiger partial charge in [0.05, 0.1) is 6.61 Å². The van der Waals surface area contributed by atoms with Crippen LogP contribution in [0.2, 0.25) is 5.02 Å². The number of aliphatic hydroxyl groups excluding tert-OH is 1. The molecule has 2 rings (SSSR count). The summed E-state index contributed by atoms with van der Waals surface area (Å²) in [5.74, 6) is -2.09. The van der Waals surface area contributed by atoms with Crippen molar-refractivity contribution in [1.29, 1.82) is 0 Å². The molecule has 9 heteroatoms. The quantitative estimate of drug-likeness (QED) is 0.701. The van der Waals surface area contributed by atoms with Crippen molar-refractivity contribution in [3.8, 4) is 0 Å². The van der Waals surface area contributed by atoms with E-state index in [1.54, 1.807) is 47.6 Å². The van der Waals surface area contributed by atoms with E-state index in [1.807, 2.05) is 0 Å². The first-order valence-corrected chi connectivity index (χ1v) is 11.0. The van der Waals surface area contributed by atoms with Crippen LogP contribution in [-0.2, 0) is 15.1 Å². The van der Waals surface area contributed by atoms with Gasteiger partial charge in [0.15, 0.2) is 0 Å². The molecule has 0 aromatic heterocycles. The third-order valence-electron chi connectivity index (χ3n) is 6.06. The number of rotatable bonds is 4. The van der Waals surface area contributed by atoms with E-state index in [4.69, 9.17) is 16.3 Å². The molecule has 1 aromatic rings. The fourth-order valence-corrected chi connectivity index (χ4v) is 4.68. The van der Waals surface area contributed by atoms with Crippen LogP contribution in [0.3, 0.4) is 0 Å². The van der Waals surface area contributed by atoms with Gasteiger partial charge >= 0.3 is 6.09 Å². The highest BCUT2D eigenvalue weighted by molar-refractivity contribution is 6.30. The SMILES string of the molecule is Cc1cc(Cl)cc(F)c1C1(O)[C@H](C)CN(C(=O)[C@H](CO)N(C)C(=O)OC(C)(C)C)C[C@@H]1C. The first-order chi connectivity index (χ1) is 14.6. The normalized spacial score (nSPS) is 24.8. The third kappa shape index (κ3) is 5.18. The number of carbonyl (C=O) groups is 2. The molecule has 1 unspecified atom stereocenters. The van der Waals surface area contributed by atoms with Gasteiger partial charge in [-0.2, -0.15) is 0 Å². The highest BCUT2D eigenvalue weighted by Gasteiger charge is 2.49. The highest BCUT2D eigenvalue weighted by atomic mass is 35.5. The zero-order chi connectivity index (χ0) is 24.6. The standard InChI is InChI=1S/C23H34ClFN2O5/c1-13-8-16(24)9-17(25)19(13)23(31)14(2)10-27(11-15(23)3)20(29)18(12-28)26(7)21(30)32-22(4,5)6/h8-9,14-15,18,28,31H,10-12H2,1-7H3/t14-,15+,18-,23?/m0/s1. The Morgan fingerprint density at radius 2 is 1.84 bits per heavy atom. The third-order valence-corrected chi connectivity index (χ3v) is 6.28. The maximum atomic E-state index is 14.8. The predicted octanol–water partition coefficient (Wildman–Crippen LogP) is 3.32. The Hall–Kier alpha value is -1.90. The van der Waals surface area contributed by atoms with Gasteiger partial charge in [-0.1, -0.05) is 25.4 Å². The summed E-state index contributed by atoms with van der Waals surface area (Å²) in [5, 5.41) is 21.7. The topological polar surface area (TPSA) is 90.3 Å². The van der Waals surface area contributed by atoms with E-state index < -0.39 is 53.5 Å². The van der Waals surface area contributed by atoms with Crippen molar-refractivity contribution in [3.63, 3.8) is 0 Å². The van der Waals surface area contributed by atoms with E-state index in [0.717, 1.165) is 4.90 Å². The van der Waals surface area contributed by atoms with Gasteiger partial charge in [0.25, 0.3) is 0 Å². The van der Waals surface area contributed by atoms with Gasteiger partial charge in [0, 0.05) is 42.6 Å². The summed E-state index contributed by atoms with van der Waals surface area (Å²) in [6.45, 7) is 9.98. The number of hydrogen-bond donors (Lipinski definition) is 2. The van der Waals surface area contributed by atoms with E-state index in [0.29, 0.717) is 5.56 Å². The number of hydrogen-bond acceptors (Lipinski definition) is 5. The average molecular weight is 473 g/mol. The zero-order valence-corrected chi connectivity index (χ0v) is 20.5. The van der Waals surface area contributed by atoms with Crippen LogP contribution in [0.4, 0.5) is 9.18 Å². The summed E-state index contributed by atoms with van der Waals surface area (Å²) in [6, 6.07) is 1.65. The van der Waals surface area contributed by atoms with Gasteiger partial charge in [-0.05, 0) is 45.4 Å². The van der Waals surface area contributed by atoms with Gasteiger partial charge in [-0.3, -0.25) is 9.69 Å². The largest absolute Gasteiger partial charge is 0.444 e. The maximum absolute atomic E-state index is 14.8. The summed E-state index contributed by atoms with van der Waals surface area (Å²) in [7, 11) is 1.40. The lowest BCUT2D eigenvalue weighted by Gasteiger charge is -2.49. The van der Waals surface area contributed by atoms with E-state index in [-0.39, 0.29) is 23.7 Å². The van der Waals surface area contributed by atoms with Gasteiger partial charge in [-0.25, -0.2) is 9.18 Å². The first kappa shape index (κ1) is 26.4. The van der Waals surface area contributed by atoms with E-state index >= 15 is 0 Å². The summed E-state index contributed by atoms with van der Waals surface area (Å²) in [4.78, 5) is 28.2. The average Bonchev–Trinajstić information content (AvgIpc) is 2.64.